The third-order valence-electron chi connectivity index (χ3n) is 4.88. The van der Waals surface area contributed by atoms with Gasteiger partial charge in [0.1, 0.15) is 11.0 Å². The summed E-state index contributed by atoms with van der Waals surface area (Å²) in [6.07, 6.45) is 1.46. The van der Waals surface area contributed by atoms with E-state index in [0.717, 1.165) is 16.2 Å². The van der Waals surface area contributed by atoms with E-state index in [9.17, 15) is 9.59 Å². The molecule has 3 aromatic carbocycles. The van der Waals surface area contributed by atoms with Crippen LogP contribution < -0.4 is 15.4 Å². The highest BCUT2D eigenvalue weighted by Crippen LogP contribution is 2.37. The van der Waals surface area contributed by atoms with Gasteiger partial charge in [-0.3, -0.25) is 9.59 Å². The third kappa shape index (κ3) is 6.08. The molecule has 0 saturated heterocycles. The second-order valence-corrected chi connectivity index (χ2v) is 8.49. The maximum Gasteiger partial charge on any atom is 0.291 e. The Morgan fingerprint density at radius 1 is 0.853 bits per heavy atom. The summed E-state index contributed by atoms with van der Waals surface area (Å²) in [5.41, 5.74) is 2.23. The maximum absolute atomic E-state index is 13.2. The molecule has 0 radical (unpaired) electrons. The zero-order valence-electron chi connectivity index (χ0n) is 18.6. The first-order chi connectivity index (χ1) is 16.6. The van der Waals surface area contributed by atoms with Crippen LogP contribution in [0.3, 0.4) is 0 Å². The molecule has 0 spiro atoms. The van der Waals surface area contributed by atoms with Crippen LogP contribution in [0.4, 0.5) is 11.4 Å². The standard InChI is InChI=1S/C27H24N2O4S/c1-2-32-22-14-10-20(11-15-22)29-27(31)25(19-7-4-3-5-8-19)34-23-16-12-21(13-17-23)28-26(30)24-9-6-18-33-24/h3-18,25H,2H2,1H3,(H,28,30)(H,29,31). The fraction of sp³-hybridized carbons (Fsp3) is 0.111. The summed E-state index contributed by atoms with van der Waals surface area (Å²) in [6.45, 7) is 2.51. The monoisotopic (exact) mass is 472 g/mol. The fourth-order valence-electron chi connectivity index (χ4n) is 3.26. The van der Waals surface area contributed by atoms with Gasteiger partial charge in [0.05, 0.1) is 12.9 Å². The van der Waals surface area contributed by atoms with Gasteiger partial charge in [-0.05, 0) is 73.2 Å². The molecular formula is C27H24N2O4S. The number of thioether (sulfide) groups is 1. The van der Waals surface area contributed by atoms with Crippen LogP contribution in [0.1, 0.15) is 28.3 Å². The summed E-state index contributed by atoms with van der Waals surface area (Å²) in [6, 6.07) is 27.6. The van der Waals surface area contributed by atoms with Crippen LogP contribution in [-0.2, 0) is 4.79 Å². The first-order valence-electron chi connectivity index (χ1n) is 10.8. The van der Waals surface area contributed by atoms with E-state index in [1.54, 1.807) is 24.3 Å². The number of hydrogen-bond donors (Lipinski definition) is 2. The summed E-state index contributed by atoms with van der Waals surface area (Å²) >= 11 is 1.44. The highest BCUT2D eigenvalue weighted by atomic mass is 32.2. The van der Waals surface area contributed by atoms with Gasteiger partial charge in [0.15, 0.2) is 5.76 Å². The fourth-order valence-corrected chi connectivity index (χ4v) is 4.29. The SMILES string of the molecule is CCOc1ccc(NC(=O)C(Sc2ccc(NC(=O)c3ccco3)cc2)c2ccccc2)cc1. The van der Waals surface area contributed by atoms with Crippen LogP contribution in [0.2, 0.25) is 0 Å². The highest BCUT2D eigenvalue weighted by Gasteiger charge is 2.22. The van der Waals surface area contributed by atoms with Crippen molar-refractivity contribution in [2.45, 2.75) is 17.1 Å². The molecule has 0 aliphatic rings. The summed E-state index contributed by atoms with van der Waals surface area (Å²) in [5, 5.41) is 5.33. The predicted octanol–water partition coefficient (Wildman–Crippen LogP) is 6.40. The number of anilines is 2. The lowest BCUT2D eigenvalue weighted by atomic mass is 10.1. The molecule has 1 heterocycles. The van der Waals surface area contributed by atoms with Crippen LogP contribution in [-0.4, -0.2) is 18.4 Å². The quantitative estimate of drug-likeness (QED) is 0.275. The lowest BCUT2D eigenvalue weighted by Crippen LogP contribution is -2.19. The second kappa shape index (κ2) is 11.2. The Morgan fingerprint density at radius 3 is 2.18 bits per heavy atom. The van der Waals surface area contributed by atoms with Gasteiger partial charge in [0.2, 0.25) is 5.91 Å². The first-order valence-corrected chi connectivity index (χ1v) is 11.7. The Labute approximate surface area is 202 Å². The average molecular weight is 473 g/mol. The number of ether oxygens (including phenoxy) is 1. The van der Waals surface area contributed by atoms with Crippen molar-refractivity contribution in [2.75, 3.05) is 17.2 Å². The van der Waals surface area contributed by atoms with Gasteiger partial charge in [-0.15, -0.1) is 11.8 Å². The van der Waals surface area contributed by atoms with Crippen molar-refractivity contribution >= 4 is 35.0 Å². The number of nitrogens with one attached hydrogen (secondary N) is 2. The Balaban J connectivity index is 1.47. The van der Waals surface area contributed by atoms with E-state index in [-0.39, 0.29) is 17.6 Å². The van der Waals surface area contributed by atoms with Crippen LogP contribution in [0.5, 0.6) is 5.75 Å². The lowest BCUT2D eigenvalue weighted by Gasteiger charge is -2.17. The van der Waals surface area contributed by atoms with Gasteiger partial charge in [0, 0.05) is 16.3 Å². The average Bonchev–Trinajstić information content (AvgIpc) is 3.41. The normalized spacial score (nSPS) is 11.4. The molecular weight excluding hydrogens is 448 g/mol. The minimum atomic E-state index is -0.462. The Hall–Kier alpha value is -3.97. The van der Waals surface area contributed by atoms with Gasteiger partial charge >= 0.3 is 0 Å². The van der Waals surface area contributed by atoms with E-state index in [4.69, 9.17) is 9.15 Å². The molecule has 4 rings (SSSR count). The zero-order valence-corrected chi connectivity index (χ0v) is 19.4. The molecule has 1 unspecified atom stereocenters. The molecule has 7 heteroatoms. The smallest absolute Gasteiger partial charge is 0.291 e. The molecule has 0 aliphatic heterocycles. The molecule has 0 aliphatic carbocycles. The van der Waals surface area contributed by atoms with Gasteiger partial charge in [-0.2, -0.15) is 0 Å². The molecule has 34 heavy (non-hydrogen) atoms. The molecule has 2 N–H and O–H groups in total. The summed E-state index contributed by atoms with van der Waals surface area (Å²) < 4.78 is 10.6. The number of rotatable bonds is 9. The number of carbonyl (C=O) groups excluding carboxylic acids is 2. The topological polar surface area (TPSA) is 80.6 Å². The van der Waals surface area contributed by atoms with Crippen LogP contribution >= 0.6 is 11.8 Å². The predicted molar refractivity (Wildman–Crippen MR) is 134 cm³/mol. The summed E-state index contributed by atoms with van der Waals surface area (Å²) in [5.74, 6) is 0.556. The van der Waals surface area contributed by atoms with E-state index in [0.29, 0.717) is 18.0 Å². The van der Waals surface area contributed by atoms with E-state index >= 15 is 0 Å². The number of carbonyl (C=O) groups is 2. The maximum atomic E-state index is 13.2. The zero-order chi connectivity index (χ0) is 23.8. The van der Waals surface area contributed by atoms with E-state index in [1.165, 1.54) is 18.0 Å². The van der Waals surface area contributed by atoms with E-state index in [2.05, 4.69) is 10.6 Å². The molecule has 0 saturated carbocycles. The molecule has 6 nitrogen and oxygen atoms in total. The number of hydrogen-bond acceptors (Lipinski definition) is 5. The lowest BCUT2D eigenvalue weighted by molar-refractivity contribution is -0.115. The number of furan rings is 1. The summed E-state index contributed by atoms with van der Waals surface area (Å²) in [7, 11) is 0. The Kier molecular flexibility index (Phi) is 7.67. The van der Waals surface area contributed by atoms with Crippen LogP contribution in [0, 0.1) is 0 Å². The minimum absolute atomic E-state index is 0.129. The van der Waals surface area contributed by atoms with Gasteiger partial charge in [-0.1, -0.05) is 30.3 Å². The van der Waals surface area contributed by atoms with Gasteiger partial charge in [-0.25, -0.2) is 0 Å². The first kappa shape index (κ1) is 23.2. The molecule has 1 aromatic heterocycles. The van der Waals surface area contributed by atoms with Crippen molar-refractivity contribution in [1.29, 1.82) is 0 Å². The van der Waals surface area contributed by atoms with Gasteiger partial charge in [0.25, 0.3) is 5.91 Å². The molecule has 172 valence electrons. The van der Waals surface area contributed by atoms with Crippen molar-refractivity contribution in [2.24, 2.45) is 0 Å². The Morgan fingerprint density at radius 2 is 1.53 bits per heavy atom. The number of amides is 2. The second-order valence-electron chi connectivity index (χ2n) is 7.31. The largest absolute Gasteiger partial charge is 0.494 e. The van der Waals surface area contributed by atoms with Gasteiger partial charge < -0.3 is 19.8 Å². The van der Waals surface area contributed by atoms with Crippen molar-refractivity contribution in [3.05, 3.63) is 109 Å². The number of benzene rings is 3. The molecule has 4 aromatic rings. The van der Waals surface area contributed by atoms with Crippen molar-refractivity contribution in [1.82, 2.24) is 0 Å². The van der Waals surface area contributed by atoms with E-state index in [1.807, 2.05) is 73.7 Å². The van der Waals surface area contributed by atoms with Crippen molar-refractivity contribution < 1.29 is 18.7 Å². The van der Waals surface area contributed by atoms with Crippen molar-refractivity contribution in [3.63, 3.8) is 0 Å². The van der Waals surface area contributed by atoms with Crippen LogP contribution in [0.15, 0.2) is 107 Å². The molecule has 0 bridgehead atoms. The third-order valence-corrected chi connectivity index (χ3v) is 6.15. The van der Waals surface area contributed by atoms with E-state index < -0.39 is 5.25 Å². The summed E-state index contributed by atoms with van der Waals surface area (Å²) in [4.78, 5) is 26.3. The highest BCUT2D eigenvalue weighted by molar-refractivity contribution is 8.00. The molecule has 1 atom stereocenters. The molecule has 2 amide bonds. The molecule has 0 fully saturated rings. The van der Waals surface area contributed by atoms with Crippen molar-refractivity contribution in [3.8, 4) is 5.75 Å². The minimum Gasteiger partial charge on any atom is -0.494 e. The van der Waals surface area contributed by atoms with Crippen LogP contribution in [0.25, 0.3) is 0 Å². The Bertz CT molecular complexity index is 1210.